The molecule has 4 nitrogen and oxygen atoms in total. The summed E-state index contributed by atoms with van der Waals surface area (Å²) in [4.78, 5) is 12.4. The lowest BCUT2D eigenvalue weighted by atomic mass is 10.1. The fourth-order valence-electron chi connectivity index (χ4n) is 2.54. The van der Waals surface area contributed by atoms with Gasteiger partial charge in [-0.3, -0.25) is 4.79 Å². The van der Waals surface area contributed by atoms with Gasteiger partial charge in [-0.25, -0.2) is 0 Å². The van der Waals surface area contributed by atoms with Crippen LogP contribution in [0.1, 0.15) is 16.9 Å². The van der Waals surface area contributed by atoms with Crippen molar-refractivity contribution in [2.45, 2.75) is 13.8 Å². The van der Waals surface area contributed by atoms with E-state index < -0.39 is 5.91 Å². The van der Waals surface area contributed by atoms with Crippen molar-refractivity contribution in [2.24, 2.45) is 0 Å². The Bertz CT molecular complexity index is 1070. The first-order valence-electron chi connectivity index (χ1n) is 8.33. The summed E-state index contributed by atoms with van der Waals surface area (Å²) < 4.78 is 5.73. The number of halogens is 1. The van der Waals surface area contributed by atoms with Crippen LogP contribution in [-0.2, 0) is 4.79 Å². The Morgan fingerprint density at radius 3 is 2.59 bits per heavy atom. The largest absolute Gasteiger partial charge is 0.457 e. The molecule has 3 aromatic rings. The zero-order chi connectivity index (χ0) is 19.4. The molecular weight excluding hydrogens is 360 g/mol. The third kappa shape index (κ3) is 4.28. The molecule has 0 bridgehead atoms. The lowest BCUT2D eigenvalue weighted by Gasteiger charge is -2.06. The molecule has 0 aliphatic rings. The Labute approximate surface area is 162 Å². The molecule has 27 heavy (non-hydrogen) atoms. The molecule has 2 aromatic carbocycles. The molecule has 0 saturated carbocycles. The van der Waals surface area contributed by atoms with Crippen LogP contribution in [0, 0.1) is 25.2 Å². The molecule has 5 heteroatoms. The van der Waals surface area contributed by atoms with Gasteiger partial charge in [0.25, 0.3) is 5.91 Å². The van der Waals surface area contributed by atoms with Crippen LogP contribution in [0.2, 0.25) is 5.02 Å². The summed E-state index contributed by atoms with van der Waals surface area (Å²) in [6.45, 7) is 3.96. The summed E-state index contributed by atoms with van der Waals surface area (Å²) in [5, 5.41) is 12.7. The molecule has 1 N–H and O–H groups in total. The van der Waals surface area contributed by atoms with Gasteiger partial charge in [0, 0.05) is 17.3 Å². The summed E-state index contributed by atoms with van der Waals surface area (Å²) >= 11 is 6.17. The highest BCUT2D eigenvalue weighted by Crippen LogP contribution is 2.29. The molecule has 1 heterocycles. The first-order chi connectivity index (χ1) is 13.0. The minimum absolute atomic E-state index is 0.0479. The van der Waals surface area contributed by atoms with Crippen LogP contribution >= 0.6 is 11.6 Å². The number of furan rings is 1. The smallest absolute Gasteiger partial charge is 0.266 e. The van der Waals surface area contributed by atoms with Crippen molar-refractivity contribution in [2.75, 3.05) is 5.32 Å². The fourth-order valence-corrected chi connectivity index (χ4v) is 2.77. The number of aryl methyl sites for hydroxylation is 2. The number of nitrogens with zero attached hydrogens (tertiary/aromatic N) is 1. The summed E-state index contributed by atoms with van der Waals surface area (Å²) in [7, 11) is 0. The van der Waals surface area contributed by atoms with Crippen LogP contribution in [0.25, 0.3) is 17.4 Å². The van der Waals surface area contributed by atoms with Crippen molar-refractivity contribution in [3.05, 3.63) is 82.1 Å². The zero-order valence-corrected chi connectivity index (χ0v) is 15.7. The molecule has 0 spiro atoms. The number of hydrogen-bond donors (Lipinski definition) is 1. The molecule has 1 aromatic heterocycles. The average Bonchev–Trinajstić information content (AvgIpc) is 3.11. The minimum Gasteiger partial charge on any atom is -0.457 e. The van der Waals surface area contributed by atoms with Gasteiger partial charge in [-0.2, -0.15) is 5.26 Å². The van der Waals surface area contributed by atoms with Gasteiger partial charge in [-0.05, 0) is 61.4 Å². The van der Waals surface area contributed by atoms with Gasteiger partial charge >= 0.3 is 0 Å². The van der Waals surface area contributed by atoms with Crippen molar-refractivity contribution in [1.29, 1.82) is 5.26 Å². The Kier molecular flexibility index (Phi) is 5.44. The van der Waals surface area contributed by atoms with Crippen LogP contribution in [0.4, 0.5) is 5.69 Å². The quantitative estimate of drug-likeness (QED) is 0.464. The second-order valence-corrected chi connectivity index (χ2v) is 6.51. The summed E-state index contributed by atoms with van der Waals surface area (Å²) in [6.07, 6.45) is 1.41. The Morgan fingerprint density at radius 2 is 1.89 bits per heavy atom. The fraction of sp³-hybridized carbons (Fsp3) is 0.0909. The molecule has 0 saturated heterocycles. The normalized spacial score (nSPS) is 11.1. The number of nitrogens with one attached hydrogen (secondary N) is 1. The number of hydrogen-bond acceptors (Lipinski definition) is 3. The molecule has 0 atom stereocenters. The maximum absolute atomic E-state index is 12.4. The maximum atomic E-state index is 12.4. The summed E-state index contributed by atoms with van der Waals surface area (Å²) in [5.41, 5.74) is 3.53. The van der Waals surface area contributed by atoms with E-state index in [9.17, 15) is 10.1 Å². The van der Waals surface area contributed by atoms with Gasteiger partial charge in [0.05, 0.1) is 5.02 Å². The maximum Gasteiger partial charge on any atom is 0.266 e. The van der Waals surface area contributed by atoms with E-state index in [2.05, 4.69) is 5.32 Å². The number of amides is 1. The van der Waals surface area contributed by atoms with Gasteiger partial charge in [-0.15, -0.1) is 0 Å². The monoisotopic (exact) mass is 376 g/mol. The first kappa shape index (κ1) is 18.5. The standard InChI is InChI=1S/C22H17ClN2O2/c1-14-7-8-17(11-15(14)2)25-22(26)16(13-24)12-18-9-10-21(27-18)19-5-3-4-6-20(19)23/h3-12H,1-2H3,(H,25,26)/b16-12+. The average molecular weight is 377 g/mol. The van der Waals surface area contributed by atoms with E-state index in [4.69, 9.17) is 16.0 Å². The molecule has 0 unspecified atom stereocenters. The molecule has 1 amide bonds. The summed E-state index contributed by atoms with van der Waals surface area (Å²) in [5.74, 6) is 0.479. The van der Waals surface area contributed by atoms with Crippen molar-refractivity contribution in [3.63, 3.8) is 0 Å². The second-order valence-electron chi connectivity index (χ2n) is 6.10. The van der Waals surface area contributed by atoms with Gasteiger partial charge < -0.3 is 9.73 Å². The highest BCUT2D eigenvalue weighted by Gasteiger charge is 2.12. The van der Waals surface area contributed by atoms with Gasteiger partial charge in [0.1, 0.15) is 23.2 Å². The Balaban J connectivity index is 1.82. The van der Waals surface area contributed by atoms with Crippen LogP contribution in [0.15, 0.2) is 64.6 Å². The predicted molar refractivity (Wildman–Crippen MR) is 107 cm³/mol. The first-order valence-corrected chi connectivity index (χ1v) is 8.71. The van der Waals surface area contributed by atoms with Crippen molar-refractivity contribution < 1.29 is 9.21 Å². The number of carbonyl (C=O) groups excluding carboxylic acids is 1. The highest BCUT2D eigenvalue weighted by molar-refractivity contribution is 6.33. The third-order valence-electron chi connectivity index (χ3n) is 4.18. The molecule has 0 fully saturated rings. The molecule has 134 valence electrons. The van der Waals surface area contributed by atoms with E-state index in [0.29, 0.717) is 22.2 Å². The van der Waals surface area contributed by atoms with E-state index in [1.807, 2.05) is 50.2 Å². The number of benzene rings is 2. The van der Waals surface area contributed by atoms with Gasteiger partial charge in [0.15, 0.2) is 0 Å². The number of nitriles is 1. The van der Waals surface area contributed by atoms with Crippen molar-refractivity contribution in [3.8, 4) is 17.4 Å². The van der Waals surface area contributed by atoms with E-state index in [0.717, 1.165) is 16.7 Å². The van der Waals surface area contributed by atoms with E-state index in [-0.39, 0.29) is 5.57 Å². The SMILES string of the molecule is Cc1ccc(NC(=O)/C(C#N)=C/c2ccc(-c3ccccc3Cl)o2)cc1C. The predicted octanol–water partition coefficient (Wildman–Crippen LogP) is 5.76. The van der Waals surface area contributed by atoms with Crippen molar-refractivity contribution >= 4 is 29.3 Å². The van der Waals surface area contributed by atoms with Gasteiger partial charge in [-0.1, -0.05) is 29.8 Å². The van der Waals surface area contributed by atoms with Gasteiger partial charge in [0.2, 0.25) is 0 Å². The highest BCUT2D eigenvalue weighted by atomic mass is 35.5. The van der Waals surface area contributed by atoms with Crippen LogP contribution in [0.3, 0.4) is 0 Å². The lowest BCUT2D eigenvalue weighted by Crippen LogP contribution is -2.13. The van der Waals surface area contributed by atoms with E-state index in [1.165, 1.54) is 6.08 Å². The number of rotatable bonds is 4. The Morgan fingerprint density at radius 1 is 1.11 bits per heavy atom. The zero-order valence-electron chi connectivity index (χ0n) is 14.9. The minimum atomic E-state index is -0.489. The van der Waals surface area contributed by atoms with Crippen molar-refractivity contribution in [1.82, 2.24) is 0 Å². The van der Waals surface area contributed by atoms with Crippen LogP contribution < -0.4 is 5.32 Å². The molecular formula is C22H17ClN2O2. The van der Waals surface area contributed by atoms with Crippen LogP contribution in [0.5, 0.6) is 0 Å². The molecule has 0 aliphatic heterocycles. The molecule has 0 radical (unpaired) electrons. The lowest BCUT2D eigenvalue weighted by molar-refractivity contribution is -0.112. The second kappa shape index (κ2) is 7.94. The summed E-state index contributed by atoms with van der Waals surface area (Å²) in [6, 6.07) is 18.3. The Hall–Kier alpha value is -3.29. The van der Waals surface area contributed by atoms with E-state index in [1.54, 1.807) is 24.3 Å². The topological polar surface area (TPSA) is 66.0 Å². The number of anilines is 1. The molecule has 0 aliphatic carbocycles. The van der Waals surface area contributed by atoms with Crippen LogP contribution in [-0.4, -0.2) is 5.91 Å². The molecule has 3 rings (SSSR count). The van der Waals surface area contributed by atoms with E-state index >= 15 is 0 Å². The number of carbonyl (C=O) groups is 1. The third-order valence-corrected chi connectivity index (χ3v) is 4.51.